The lowest BCUT2D eigenvalue weighted by molar-refractivity contribution is -0.126. The Hall–Kier alpha value is -2.91. The first kappa shape index (κ1) is 24.2. The molecule has 0 spiro atoms. The van der Waals surface area contributed by atoms with Crippen molar-refractivity contribution in [2.75, 3.05) is 31.6 Å². The van der Waals surface area contributed by atoms with Crippen molar-refractivity contribution in [1.82, 2.24) is 9.62 Å². The van der Waals surface area contributed by atoms with Gasteiger partial charge in [0.05, 0.1) is 17.9 Å². The first-order chi connectivity index (χ1) is 16.3. The number of amides is 2. The minimum absolute atomic E-state index is 0.0467. The summed E-state index contributed by atoms with van der Waals surface area (Å²) in [5.74, 6) is 0.0818. The van der Waals surface area contributed by atoms with E-state index in [0.717, 1.165) is 29.7 Å². The number of sulfonamides is 1. The van der Waals surface area contributed by atoms with Crippen LogP contribution in [0.5, 0.6) is 5.75 Å². The summed E-state index contributed by atoms with van der Waals surface area (Å²) < 4.78 is 33.6. The van der Waals surface area contributed by atoms with Crippen molar-refractivity contribution in [3.05, 3.63) is 53.6 Å². The number of hydrogen-bond donors (Lipinski definition) is 1. The zero-order chi connectivity index (χ0) is 24.3. The van der Waals surface area contributed by atoms with Crippen LogP contribution in [-0.2, 0) is 32.6 Å². The first-order valence-electron chi connectivity index (χ1n) is 11.6. The molecule has 9 heteroatoms. The van der Waals surface area contributed by atoms with Gasteiger partial charge in [0.2, 0.25) is 21.8 Å². The fourth-order valence-corrected chi connectivity index (χ4v) is 6.34. The molecule has 0 bridgehead atoms. The molecule has 0 radical (unpaired) electrons. The summed E-state index contributed by atoms with van der Waals surface area (Å²) in [6.07, 6.45) is 2.79. The molecule has 0 aliphatic carbocycles. The average Bonchev–Trinajstić information content (AvgIpc) is 2.86. The highest BCUT2D eigenvalue weighted by atomic mass is 32.2. The number of para-hydroxylation sites is 1. The monoisotopic (exact) mass is 485 g/mol. The highest BCUT2D eigenvalue weighted by molar-refractivity contribution is 7.89. The number of aryl methyl sites for hydroxylation is 1. The van der Waals surface area contributed by atoms with Gasteiger partial charge in [0.25, 0.3) is 0 Å². The van der Waals surface area contributed by atoms with E-state index < -0.39 is 15.9 Å². The summed E-state index contributed by atoms with van der Waals surface area (Å²) >= 11 is 0. The molecule has 2 aliphatic heterocycles. The lowest BCUT2D eigenvalue weighted by Gasteiger charge is -2.32. The van der Waals surface area contributed by atoms with Gasteiger partial charge in [0.1, 0.15) is 5.75 Å². The Morgan fingerprint density at radius 1 is 1.12 bits per heavy atom. The molecule has 1 N–H and O–H groups in total. The number of piperidine rings is 1. The van der Waals surface area contributed by atoms with Gasteiger partial charge in [0.15, 0.2) is 0 Å². The average molecular weight is 486 g/mol. The minimum Gasteiger partial charge on any atom is -0.496 e. The summed E-state index contributed by atoms with van der Waals surface area (Å²) in [5, 5.41) is 2.93. The van der Waals surface area contributed by atoms with Gasteiger partial charge in [0, 0.05) is 44.4 Å². The Bertz CT molecular complexity index is 1180. The van der Waals surface area contributed by atoms with E-state index >= 15 is 0 Å². The highest BCUT2D eigenvalue weighted by Crippen LogP contribution is 2.32. The van der Waals surface area contributed by atoms with Gasteiger partial charge in [-0.2, -0.15) is 4.31 Å². The molecule has 0 aromatic heterocycles. The predicted molar refractivity (Wildman–Crippen MR) is 129 cm³/mol. The number of rotatable bonds is 6. The molecule has 2 amide bonds. The van der Waals surface area contributed by atoms with Crippen LogP contribution in [0.1, 0.15) is 37.3 Å². The maximum absolute atomic E-state index is 13.4. The molecule has 4 rings (SSSR count). The number of benzene rings is 2. The second kappa shape index (κ2) is 10.1. The van der Waals surface area contributed by atoms with E-state index in [1.54, 1.807) is 30.2 Å². The number of carbonyl (C=O) groups is 2. The largest absolute Gasteiger partial charge is 0.496 e. The van der Waals surface area contributed by atoms with Gasteiger partial charge in [-0.25, -0.2) is 8.42 Å². The van der Waals surface area contributed by atoms with E-state index in [0.29, 0.717) is 38.2 Å². The smallest absolute Gasteiger partial charge is 0.243 e. The van der Waals surface area contributed by atoms with E-state index in [1.165, 1.54) is 11.2 Å². The highest BCUT2D eigenvalue weighted by Gasteiger charge is 2.34. The lowest BCUT2D eigenvalue weighted by Crippen LogP contribution is -2.45. The summed E-state index contributed by atoms with van der Waals surface area (Å²) in [5.41, 5.74) is 2.52. The minimum atomic E-state index is -3.75. The number of hydrogen-bond acceptors (Lipinski definition) is 5. The molecule has 34 heavy (non-hydrogen) atoms. The molecule has 1 fully saturated rings. The van der Waals surface area contributed by atoms with Crippen molar-refractivity contribution in [1.29, 1.82) is 0 Å². The SMILES string of the molecule is COc1ccccc1CNC(=O)C1CCCN(S(=O)(=O)c2ccc3c(c2)CCCN3C(C)=O)C1. The van der Waals surface area contributed by atoms with E-state index in [1.807, 2.05) is 24.3 Å². The fraction of sp³-hybridized carbons (Fsp3) is 0.440. The summed E-state index contributed by atoms with van der Waals surface area (Å²) in [7, 11) is -2.16. The number of anilines is 1. The second-order valence-corrected chi connectivity index (χ2v) is 10.7. The molecule has 2 aromatic rings. The van der Waals surface area contributed by atoms with Crippen molar-refractivity contribution >= 4 is 27.5 Å². The molecule has 182 valence electrons. The van der Waals surface area contributed by atoms with Crippen LogP contribution in [0.25, 0.3) is 0 Å². The topological polar surface area (TPSA) is 96.0 Å². The van der Waals surface area contributed by atoms with Crippen LogP contribution in [-0.4, -0.2) is 51.3 Å². The van der Waals surface area contributed by atoms with Gasteiger partial charge in [-0.15, -0.1) is 0 Å². The van der Waals surface area contributed by atoms with Crippen LogP contribution in [0.15, 0.2) is 47.4 Å². The maximum atomic E-state index is 13.4. The van der Waals surface area contributed by atoms with E-state index in [-0.39, 0.29) is 23.3 Å². The summed E-state index contributed by atoms with van der Waals surface area (Å²) in [6, 6.07) is 12.5. The third-order valence-electron chi connectivity index (χ3n) is 6.59. The normalized spacial score (nSPS) is 18.8. The van der Waals surface area contributed by atoms with E-state index in [2.05, 4.69) is 5.32 Å². The number of nitrogens with one attached hydrogen (secondary N) is 1. The third kappa shape index (κ3) is 4.95. The molecule has 1 unspecified atom stereocenters. The second-order valence-electron chi connectivity index (χ2n) is 8.80. The molecular weight excluding hydrogens is 454 g/mol. The molecule has 2 aromatic carbocycles. The van der Waals surface area contributed by atoms with Crippen LogP contribution in [0, 0.1) is 5.92 Å². The van der Waals surface area contributed by atoms with Gasteiger partial charge in [-0.3, -0.25) is 9.59 Å². The van der Waals surface area contributed by atoms with Crippen LogP contribution in [0.4, 0.5) is 5.69 Å². The number of carbonyl (C=O) groups excluding carboxylic acids is 2. The molecule has 1 saturated heterocycles. The molecule has 8 nitrogen and oxygen atoms in total. The molecular formula is C25H31N3O5S. The van der Waals surface area contributed by atoms with Crippen molar-refractivity contribution in [2.45, 2.75) is 44.0 Å². The lowest BCUT2D eigenvalue weighted by atomic mass is 9.98. The Morgan fingerprint density at radius 2 is 1.91 bits per heavy atom. The fourth-order valence-electron chi connectivity index (χ4n) is 4.76. The Morgan fingerprint density at radius 3 is 2.68 bits per heavy atom. The number of nitrogens with zero attached hydrogens (tertiary/aromatic N) is 2. The molecule has 1 atom stereocenters. The number of methoxy groups -OCH3 is 1. The Labute approximate surface area is 200 Å². The van der Waals surface area contributed by atoms with Gasteiger partial charge >= 0.3 is 0 Å². The Balaban J connectivity index is 1.46. The third-order valence-corrected chi connectivity index (χ3v) is 8.45. The van der Waals surface area contributed by atoms with Crippen LogP contribution in [0.3, 0.4) is 0 Å². The zero-order valence-corrected chi connectivity index (χ0v) is 20.4. The molecule has 0 saturated carbocycles. The van der Waals surface area contributed by atoms with Crippen molar-refractivity contribution in [2.24, 2.45) is 5.92 Å². The predicted octanol–water partition coefficient (Wildman–Crippen LogP) is 2.71. The standard InChI is InChI=1S/C25H31N3O5S/c1-18(29)28-14-6-8-19-15-22(11-12-23(19)28)34(31,32)27-13-5-9-21(17-27)25(30)26-16-20-7-3-4-10-24(20)33-2/h3-4,7,10-12,15,21H,5-6,8-9,13-14,16-17H2,1-2H3,(H,26,30). The van der Waals surface area contributed by atoms with Gasteiger partial charge < -0.3 is 15.0 Å². The van der Waals surface area contributed by atoms with Crippen molar-refractivity contribution in [3.63, 3.8) is 0 Å². The van der Waals surface area contributed by atoms with E-state index in [4.69, 9.17) is 4.74 Å². The summed E-state index contributed by atoms with van der Waals surface area (Å²) in [4.78, 5) is 26.7. The Kier molecular flexibility index (Phi) is 7.23. The van der Waals surface area contributed by atoms with Crippen LogP contribution in [0.2, 0.25) is 0 Å². The number of ether oxygens (including phenoxy) is 1. The van der Waals surface area contributed by atoms with Crippen LogP contribution < -0.4 is 15.0 Å². The van der Waals surface area contributed by atoms with Crippen molar-refractivity contribution in [3.8, 4) is 5.75 Å². The summed E-state index contributed by atoms with van der Waals surface area (Å²) in [6.45, 7) is 3.02. The van der Waals surface area contributed by atoms with Gasteiger partial charge in [-0.1, -0.05) is 18.2 Å². The van der Waals surface area contributed by atoms with E-state index in [9.17, 15) is 18.0 Å². The first-order valence-corrected chi connectivity index (χ1v) is 13.1. The molecule has 2 aliphatic rings. The quantitative estimate of drug-likeness (QED) is 0.679. The number of fused-ring (bicyclic) bond motifs is 1. The van der Waals surface area contributed by atoms with Crippen molar-refractivity contribution < 1.29 is 22.7 Å². The maximum Gasteiger partial charge on any atom is 0.243 e. The van der Waals surface area contributed by atoms with Gasteiger partial charge in [-0.05, 0) is 55.5 Å². The van der Waals surface area contributed by atoms with Crippen LogP contribution >= 0.6 is 0 Å². The molecule has 2 heterocycles. The zero-order valence-electron chi connectivity index (χ0n) is 19.6.